The van der Waals surface area contributed by atoms with Crippen LogP contribution in [0.3, 0.4) is 0 Å². The quantitative estimate of drug-likeness (QED) is 0.518. The number of rotatable bonds is 5. The number of urea groups is 1. The van der Waals surface area contributed by atoms with Gasteiger partial charge in [-0.15, -0.1) is 0 Å². The van der Waals surface area contributed by atoms with Gasteiger partial charge >= 0.3 is 6.03 Å². The number of carbonyl (C=O) groups is 1. The van der Waals surface area contributed by atoms with Crippen LogP contribution in [0.25, 0.3) is 0 Å². The van der Waals surface area contributed by atoms with E-state index < -0.39 is 0 Å². The van der Waals surface area contributed by atoms with Crippen molar-refractivity contribution in [3.63, 3.8) is 0 Å². The highest BCUT2D eigenvalue weighted by Gasteiger charge is 2.24. The Bertz CT molecular complexity index is 1050. The third-order valence-electron chi connectivity index (χ3n) is 5.29. The number of benzene rings is 2. The molecule has 2 aromatic carbocycles. The molecule has 0 saturated carbocycles. The molecule has 31 heavy (non-hydrogen) atoms. The molecule has 0 radical (unpaired) electrons. The van der Waals surface area contributed by atoms with E-state index in [-0.39, 0.29) is 11.8 Å². The van der Waals surface area contributed by atoms with Crippen LogP contribution in [0.1, 0.15) is 18.4 Å². The summed E-state index contributed by atoms with van der Waals surface area (Å²) >= 11 is 6.12. The summed E-state index contributed by atoms with van der Waals surface area (Å²) in [4.78, 5) is 18.5. The SMILES string of the molecule is O=C(Nc1cnccc1Cl)N1CCCC(Cc2cccc(Oc3ccc(F)cc3)c2)C1. The second-order valence-corrected chi connectivity index (χ2v) is 8.05. The van der Waals surface area contributed by atoms with E-state index in [4.69, 9.17) is 16.3 Å². The summed E-state index contributed by atoms with van der Waals surface area (Å²) < 4.78 is 18.9. The van der Waals surface area contributed by atoms with Crippen LogP contribution in [-0.4, -0.2) is 29.0 Å². The maximum absolute atomic E-state index is 13.1. The Morgan fingerprint density at radius 3 is 2.84 bits per heavy atom. The number of hydrogen-bond acceptors (Lipinski definition) is 3. The fourth-order valence-corrected chi connectivity index (χ4v) is 3.94. The molecular formula is C24H23ClFN3O2. The number of carbonyl (C=O) groups excluding carboxylic acids is 1. The van der Waals surface area contributed by atoms with E-state index in [1.54, 1.807) is 30.6 Å². The number of pyridine rings is 1. The van der Waals surface area contributed by atoms with Gasteiger partial charge < -0.3 is 15.0 Å². The zero-order chi connectivity index (χ0) is 21.6. The van der Waals surface area contributed by atoms with Crippen LogP contribution in [0.4, 0.5) is 14.9 Å². The summed E-state index contributed by atoms with van der Waals surface area (Å²) in [7, 11) is 0. The molecule has 0 spiro atoms. The molecule has 2 heterocycles. The van der Waals surface area contributed by atoms with Gasteiger partial charge in [-0.2, -0.15) is 0 Å². The predicted octanol–water partition coefficient (Wildman–Crippen LogP) is 6.15. The van der Waals surface area contributed by atoms with Gasteiger partial charge in [0.25, 0.3) is 0 Å². The van der Waals surface area contributed by atoms with Gasteiger partial charge in [0, 0.05) is 19.3 Å². The van der Waals surface area contributed by atoms with Gasteiger partial charge in [0.15, 0.2) is 0 Å². The Labute approximate surface area is 185 Å². The Morgan fingerprint density at radius 1 is 1.19 bits per heavy atom. The van der Waals surface area contributed by atoms with Crippen molar-refractivity contribution < 1.29 is 13.9 Å². The average Bonchev–Trinajstić information content (AvgIpc) is 2.77. The summed E-state index contributed by atoms with van der Waals surface area (Å²) in [6.45, 7) is 1.39. The zero-order valence-electron chi connectivity index (χ0n) is 16.9. The molecule has 1 N–H and O–H groups in total. The van der Waals surface area contributed by atoms with Crippen LogP contribution in [0.2, 0.25) is 5.02 Å². The van der Waals surface area contributed by atoms with E-state index >= 15 is 0 Å². The highest BCUT2D eigenvalue weighted by atomic mass is 35.5. The van der Waals surface area contributed by atoms with Crippen LogP contribution >= 0.6 is 11.6 Å². The largest absolute Gasteiger partial charge is 0.457 e. The number of halogens is 2. The molecule has 160 valence electrons. The number of nitrogens with one attached hydrogen (secondary N) is 1. The van der Waals surface area contributed by atoms with Crippen molar-refractivity contribution in [2.24, 2.45) is 5.92 Å². The fraction of sp³-hybridized carbons (Fsp3) is 0.250. The van der Waals surface area contributed by atoms with Crippen LogP contribution < -0.4 is 10.1 Å². The Morgan fingerprint density at radius 2 is 2.03 bits per heavy atom. The van der Waals surface area contributed by atoms with Crippen molar-refractivity contribution in [2.45, 2.75) is 19.3 Å². The van der Waals surface area contributed by atoms with Gasteiger partial charge in [0.05, 0.1) is 16.9 Å². The number of amides is 2. The van der Waals surface area contributed by atoms with Gasteiger partial charge in [-0.25, -0.2) is 9.18 Å². The lowest BCUT2D eigenvalue weighted by atomic mass is 9.91. The second kappa shape index (κ2) is 9.79. The summed E-state index contributed by atoms with van der Waals surface area (Å²) in [5, 5.41) is 3.32. The number of ether oxygens (including phenoxy) is 1. The molecule has 1 unspecified atom stereocenters. The molecular weight excluding hydrogens is 417 g/mol. The predicted molar refractivity (Wildman–Crippen MR) is 119 cm³/mol. The fourth-order valence-electron chi connectivity index (χ4n) is 3.79. The highest BCUT2D eigenvalue weighted by Crippen LogP contribution is 2.27. The summed E-state index contributed by atoms with van der Waals surface area (Å²) in [5.74, 6) is 1.36. The van der Waals surface area contributed by atoms with Crippen molar-refractivity contribution in [2.75, 3.05) is 18.4 Å². The number of anilines is 1. The number of hydrogen-bond donors (Lipinski definition) is 1. The lowest BCUT2D eigenvalue weighted by Gasteiger charge is -2.33. The molecule has 1 aliphatic heterocycles. The van der Waals surface area contributed by atoms with E-state index in [0.29, 0.717) is 41.2 Å². The minimum atomic E-state index is -0.294. The minimum absolute atomic E-state index is 0.159. The van der Waals surface area contributed by atoms with Crippen molar-refractivity contribution in [1.29, 1.82) is 0 Å². The van der Waals surface area contributed by atoms with Crippen molar-refractivity contribution in [3.8, 4) is 11.5 Å². The number of likely N-dealkylation sites (tertiary alicyclic amines) is 1. The lowest BCUT2D eigenvalue weighted by Crippen LogP contribution is -2.42. The monoisotopic (exact) mass is 439 g/mol. The first-order valence-electron chi connectivity index (χ1n) is 10.2. The molecule has 1 saturated heterocycles. The lowest BCUT2D eigenvalue weighted by molar-refractivity contribution is 0.177. The molecule has 4 rings (SSSR count). The summed E-state index contributed by atoms with van der Waals surface area (Å²) in [5.41, 5.74) is 1.66. The molecule has 3 aromatic rings. The maximum atomic E-state index is 13.1. The van der Waals surface area contributed by atoms with Gasteiger partial charge in [-0.05, 0) is 73.2 Å². The molecule has 1 fully saturated rings. The number of aromatic nitrogens is 1. The van der Waals surface area contributed by atoms with Gasteiger partial charge in [-0.3, -0.25) is 4.98 Å². The van der Waals surface area contributed by atoms with Gasteiger partial charge in [0.2, 0.25) is 0 Å². The summed E-state index contributed by atoms with van der Waals surface area (Å²) in [6, 6.07) is 15.3. The molecule has 7 heteroatoms. The van der Waals surface area contributed by atoms with Crippen molar-refractivity contribution in [3.05, 3.63) is 83.4 Å². The standard InChI is InChI=1S/C24H23ClFN3O2/c25-22-10-11-27-15-23(22)28-24(30)29-12-2-4-18(16-29)13-17-3-1-5-21(14-17)31-20-8-6-19(26)7-9-20/h1,3,5-11,14-15,18H,2,4,12-13,16H2,(H,28,30). The second-order valence-electron chi connectivity index (χ2n) is 7.65. The van der Waals surface area contributed by atoms with E-state index in [2.05, 4.69) is 16.4 Å². The van der Waals surface area contributed by atoms with E-state index in [1.807, 2.05) is 23.1 Å². The molecule has 2 amide bonds. The normalized spacial score (nSPS) is 16.1. The minimum Gasteiger partial charge on any atom is -0.457 e. The molecule has 0 aliphatic carbocycles. The summed E-state index contributed by atoms with van der Waals surface area (Å²) in [6.07, 6.45) is 5.99. The van der Waals surface area contributed by atoms with Crippen LogP contribution in [-0.2, 0) is 6.42 Å². The number of piperidine rings is 1. The van der Waals surface area contributed by atoms with E-state index in [1.165, 1.54) is 12.1 Å². The first kappa shape index (κ1) is 21.1. The molecule has 1 aromatic heterocycles. The maximum Gasteiger partial charge on any atom is 0.321 e. The third kappa shape index (κ3) is 5.73. The molecule has 1 atom stereocenters. The first-order chi connectivity index (χ1) is 15.1. The van der Waals surface area contributed by atoms with Crippen LogP contribution in [0.5, 0.6) is 11.5 Å². The Hall–Kier alpha value is -3.12. The topological polar surface area (TPSA) is 54.5 Å². The zero-order valence-corrected chi connectivity index (χ0v) is 17.7. The highest BCUT2D eigenvalue weighted by molar-refractivity contribution is 6.33. The first-order valence-corrected chi connectivity index (χ1v) is 10.6. The molecule has 0 bridgehead atoms. The third-order valence-corrected chi connectivity index (χ3v) is 5.62. The Balaban J connectivity index is 1.36. The Kier molecular flexibility index (Phi) is 6.67. The smallest absolute Gasteiger partial charge is 0.321 e. The van der Waals surface area contributed by atoms with E-state index in [0.717, 1.165) is 24.8 Å². The number of nitrogens with zero attached hydrogens (tertiary/aromatic N) is 2. The molecule has 5 nitrogen and oxygen atoms in total. The van der Waals surface area contributed by atoms with Gasteiger partial charge in [-0.1, -0.05) is 23.7 Å². The molecule has 1 aliphatic rings. The van der Waals surface area contributed by atoms with Gasteiger partial charge in [0.1, 0.15) is 17.3 Å². The van der Waals surface area contributed by atoms with Crippen molar-refractivity contribution in [1.82, 2.24) is 9.88 Å². The van der Waals surface area contributed by atoms with Crippen LogP contribution in [0, 0.1) is 11.7 Å². The average molecular weight is 440 g/mol. The van der Waals surface area contributed by atoms with Crippen LogP contribution in [0.15, 0.2) is 67.0 Å². The van der Waals surface area contributed by atoms with E-state index in [9.17, 15) is 9.18 Å². The van der Waals surface area contributed by atoms with Crippen molar-refractivity contribution >= 4 is 23.3 Å².